The number of aromatic nitrogens is 2. The molecule has 3 aromatic heterocycles. The molecule has 0 aliphatic rings. The van der Waals surface area contributed by atoms with Gasteiger partial charge in [-0.2, -0.15) is 4.57 Å². The van der Waals surface area contributed by atoms with E-state index in [0.29, 0.717) is 32.0 Å². The minimum absolute atomic E-state index is 0.0600. The van der Waals surface area contributed by atoms with E-state index >= 15 is 0 Å². The van der Waals surface area contributed by atoms with Crippen molar-refractivity contribution in [2.24, 2.45) is 0 Å². The van der Waals surface area contributed by atoms with Gasteiger partial charge in [-0.25, -0.2) is 9.78 Å². The maximum atomic E-state index is 13.3. The number of benzene rings is 1. The molecule has 0 saturated heterocycles. The lowest BCUT2D eigenvalue weighted by Crippen LogP contribution is -2.30. The zero-order chi connectivity index (χ0) is 22.1. The van der Waals surface area contributed by atoms with Crippen LogP contribution < -0.4 is 15.9 Å². The number of H-pyrrole nitrogens is 1. The standard InChI is InChI=1S/C21H17Cl2N3O3S2/c1-11-12(2)31-19-17(11)20(28)26(9-13-5-4-8-29-13)21(25-19)30-10-16(27)24-18-14(22)6-3-7-15(18)23/h3-8H,9-10H2,1-2H3,(H,24,27)/p+1. The number of rotatable bonds is 6. The van der Waals surface area contributed by atoms with E-state index in [2.05, 4.69) is 10.3 Å². The molecule has 6 nitrogen and oxygen atoms in total. The predicted molar refractivity (Wildman–Crippen MR) is 126 cm³/mol. The van der Waals surface area contributed by atoms with Crippen LogP contribution >= 0.6 is 46.3 Å². The molecule has 2 N–H and O–H groups in total. The largest absolute Gasteiger partial charge is 0.465 e. The number of thioether (sulfide) groups is 1. The molecular weight excluding hydrogens is 477 g/mol. The fraction of sp³-hybridized carbons (Fsp3) is 0.190. The number of hydrogen-bond donors (Lipinski definition) is 1. The second-order valence-electron chi connectivity index (χ2n) is 6.82. The summed E-state index contributed by atoms with van der Waals surface area (Å²) in [5.74, 6) is 0.419. The van der Waals surface area contributed by atoms with E-state index in [4.69, 9.17) is 27.6 Å². The highest BCUT2D eigenvalue weighted by Crippen LogP contribution is 2.30. The van der Waals surface area contributed by atoms with Crippen LogP contribution in [0, 0.1) is 13.8 Å². The molecule has 1 aromatic carbocycles. The van der Waals surface area contributed by atoms with Crippen LogP contribution in [0.15, 0.2) is 51.0 Å². The van der Waals surface area contributed by atoms with Crippen LogP contribution in [0.4, 0.5) is 5.69 Å². The molecule has 4 aromatic rings. The molecular formula is C21H18Cl2N3O3S2+. The summed E-state index contributed by atoms with van der Waals surface area (Å²) in [5.41, 5.74) is 1.20. The molecule has 0 radical (unpaired) electrons. The van der Waals surface area contributed by atoms with E-state index in [9.17, 15) is 9.59 Å². The Morgan fingerprint density at radius 2 is 1.97 bits per heavy atom. The molecule has 0 fully saturated rings. The van der Waals surface area contributed by atoms with Gasteiger partial charge in [-0.1, -0.05) is 40.6 Å². The number of nitrogens with one attached hydrogen (secondary N) is 2. The molecule has 3 heterocycles. The Labute approximate surface area is 196 Å². The normalized spacial score (nSPS) is 11.2. The second kappa shape index (κ2) is 9.08. The van der Waals surface area contributed by atoms with Crippen molar-refractivity contribution in [2.75, 3.05) is 11.1 Å². The average Bonchev–Trinajstić information content (AvgIpc) is 3.34. The predicted octanol–water partition coefficient (Wildman–Crippen LogP) is 5.17. The van der Waals surface area contributed by atoms with Crippen molar-refractivity contribution in [3.63, 3.8) is 0 Å². The molecule has 0 aliphatic carbocycles. The van der Waals surface area contributed by atoms with E-state index in [0.717, 1.165) is 15.3 Å². The molecule has 10 heteroatoms. The summed E-state index contributed by atoms with van der Waals surface area (Å²) < 4.78 is 7.03. The third-order valence-electron chi connectivity index (χ3n) is 4.77. The zero-order valence-corrected chi connectivity index (χ0v) is 19.8. The van der Waals surface area contributed by atoms with Gasteiger partial charge in [0.1, 0.15) is 11.1 Å². The van der Waals surface area contributed by atoms with Gasteiger partial charge in [0.25, 0.3) is 0 Å². The maximum absolute atomic E-state index is 13.3. The Kier molecular flexibility index (Phi) is 6.43. The van der Waals surface area contributed by atoms with Crippen molar-refractivity contribution < 1.29 is 14.2 Å². The van der Waals surface area contributed by atoms with Gasteiger partial charge in [0, 0.05) is 4.88 Å². The molecule has 0 unspecified atom stereocenters. The molecule has 1 amide bonds. The number of aromatic amines is 1. The number of anilines is 1. The van der Waals surface area contributed by atoms with Crippen LogP contribution in [-0.4, -0.2) is 16.2 Å². The van der Waals surface area contributed by atoms with Crippen LogP contribution in [0.3, 0.4) is 0 Å². The lowest BCUT2D eigenvalue weighted by molar-refractivity contribution is -0.404. The number of carbonyl (C=O) groups is 1. The lowest BCUT2D eigenvalue weighted by Gasteiger charge is -2.09. The van der Waals surface area contributed by atoms with Crippen LogP contribution in [-0.2, 0) is 11.3 Å². The van der Waals surface area contributed by atoms with Gasteiger partial charge in [0.15, 0.2) is 11.4 Å². The van der Waals surface area contributed by atoms with Gasteiger partial charge < -0.3 is 9.73 Å². The van der Waals surface area contributed by atoms with Crippen LogP contribution in [0.2, 0.25) is 10.0 Å². The summed E-state index contributed by atoms with van der Waals surface area (Å²) in [5, 5.41) is 4.68. The Bertz CT molecular complexity index is 1310. The van der Waals surface area contributed by atoms with Gasteiger partial charge >= 0.3 is 10.7 Å². The van der Waals surface area contributed by atoms with Gasteiger partial charge in [0.2, 0.25) is 5.91 Å². The number of carbonyl (C=O) groups excluding carboxylic acids is 1. The Balaban J connectivity index is 1.64. The number of para-hydroxylation sites is 1. The second-order valence-corrected chi connectivity index (χ2v) is 9.82. The number of nitrogens with zero attached hydrogens (tertiary/aromatic N) is 1. The zero-order valence-electron chi connectivity index (χ0n) is 16.6. The highest BCUT2D eigenvalue weighted by Gasteiger charge is 2.24. The first-order valence-corrected chi connectivity index (χ1v) is 11.9. The van der Waals surface area contributed by atoms with Crippen molar-refractivity contribution in [3.8, 4) is 0 Å². The first-order chi connectivity index (χ1) is 14.8. The number of furan rings is 1. The minimum atomic E-state index is -0.288. The third-order valence-corrected chi connectivity index (χ3v) is 7.53. The van der Waals surface area contributed by atoms with Gasteiger partial charge in [-0.15, -0.1) is 0 Å². The van der Waals surface area contributed by atoms with Crippen LogP contribution in [0.1, 0.15) is 16.2 Å². The van der Waals surface area contributed by atoms with Gasteiger partial charge in [-0.05, 0) is 55.4 Å². The first-order valence-electron chi connectivity index (χ1n) is 9.30. The van der Waals surface area contributed by atoms with Crippen molar-refractivity contribution >= 4 is 68.1 Å². The van der Waals surface area contributed by atoms with Crippen molar-refractivity contribution in [1.82, 2.24) is 4.57 Å². The molecule has 160 valence electrons. The summed E-state index contributed by atoms with van der Waals surface area (Å²) in [7, 11) is 0. The number of fused-ring (bicyclic) bond motifs is 1. The van der Waals surface area contributed by atoms with Crippen molar-refractivity contribution in [1.29, 1.82) is 0 Å². The topological polar surface area (TPSA) is 78.4 Å². The lowest BCUT2D eigenvalue weighted by atomic mass is 10.2. The molecule has 4 rings (SSSR count). The molecule has 0 saturated carbocycles. The van der Waals surface area contributed by atoms with Crippen molar-refractivity contribution in [3.05, 3.63) is 73.2 Å². The number of halogens is 2. The molecule has 0 atom stereocenters. The van der Waals surface area contributed by atoms with E-state index in [1.807, 2.05) is 19.9 Å². The average molecular weight is 495 g/mol. The Hall–Kier alpha value is -2.26. The molecule has 0 spiro atoms. The smallest absolute Gasteiger partial charge is 0.347 e. The summed E-state index contributed by atoms with van der Waals surface area (Å²) in [6.45, 7) is 4.18. The fourth-order valence-electron chi connectivity index (χ4n) is 3.11. The minimum Gasteiger partial charge on any atom is -0.465 e. The number of thiophene rings is 1. The summed E-state index contributed by atoms with van der Waals surface area (Å²) in [6.07, 6.45) is 1.57. The quantitative estimate of drug-likeness (QED) is 0.296. The van der Waals surface area contributed by atoms with Gasteiger partial charge in [0.05, 0.1) is 27.7 Å². The Morgan fingerprint density at radius 3 is 2.65 bits per heavy atom. The van der Waals surface area contributed by atoms with Gasteiger partial charge in [-0.3, -0.25) is 4.79 Å². The number of aryl methyl sites for hydroxylation is 2. The highest BCUT2D eigenvalue weighted by atomic mass is 35.5. The van der Waals surface area contributed by atoms with E-state index < -0.39 is 0 Å². The van der Waals surface area contributed by atoms with Crippen molar-refractivity contribution in [2.45, 2.75) is 25.5 Å². The SMILES string of the molecule is Cc1sc2[nH+]c(SCC(=O)Nc3c(Cl)cccc3Cl)n(Cc3ccco3)c(=O)c2c1C. The van der Waals surface area contributed by atoms with E-state index in [-0.39, 0.29) is 23.8 Å². The summed E-state index contributed by atoms with van der Waals surface area (Å²) >= 11 is 15.0. The van der Waals surface area contributed by atoms with Crippen LogP contribution in [0.5, 0.6) is 0 Å². The first kappa shape index (κ1) is 22.0. The number of hydrogen-bond acceptors (Lipinski definition) is 5. The van der Waals surface area contributed by atoms with E-state index in [1.165, 1.54) is 23.1 Å². The van der Waals surface area contributed by atoms with Crippen LogP contribution in [0.25, 0.3) is 10.2 Å². The third kappa shape index (κ3) is 4.52. The Morgan fingerprint density at radius 1 is 1.23 bits per heavy atom. The molecule has 0 aliphatic heterocycles. The number of amides is 1. The molecule has 31 heavy (non-hydrogen) atoms. The monoisotopic (exact) mass is 494 g/mol. The van der Waals surface area contributed by atoms with E-state index in [1.54, 1.807) is 35.1 Å². The fourth-order valence-corrected chi connectivity index (χ4v) is 5.53. The molecule has 0 bridgehead atoms. The maximum Gasteiger partial charge on any atom is 0.347 e. The highest BCUT2D eigenvalue weighted by molar-refractivity contribution is 7.99. The summed E-state index contributed by atoms with van der Waals surface area (Å²) in [6, 6.07) is 8.59. The summed E-state index contributed by atoms with van der Waals surface area (Å²) in [4.78, 5) is 31.0.